The molecule has 23 heavy (non-hydrogen) atoms. The van der Waals surface area contributed by atoms with Crippen LogP contribution in [0.3, 0.4) is 0 Å². The van der Waals surface area contributed by atoms with Gasteiger partial charge in [-0.25, -0.2) is 4.18 Å². The SMILES string of the molecule is CC(C)[C@]1(C)SC(=N[C@H]2C[C@H]3C[C@@H]2C[C@@H]3OS(=O)(=O)O)NC1=O. The number of nitrogens with zero attached hydrogens (tertiary/aromatic N) is 1. The van der Waals surface area contributed by atoms with Gasteiger partial charge in [-0.3, -0.25) is 14.3 Å². The molecule has 9 heteroatoms. The van der Waals surface area contributed by atoms with E-state index in [1.54, 1.807) is 0 Å². The second kappa shape index (κ2) is 5.72. The van der Waals surface area contributed by atoms with Gasteiger partial charge in [-0.2, -0.15) is 8.42 Å². The average molecular weight is 362 g/mol. The number of amides is 1. The van der Waals surface area contributed by atoms with Crippen molar-refractivity contribution < 1.29 is 21.9 Å². The summed E-state index contributed by atoms with van der Waals surface area (Å²) in [6.45, 7) is 5.96. The largest absolute Gasteiger partial charge is 0.397 e. The molecule has 5 atom stereocenters. The molecule has 1 amide bonds. The first-order valence-corrected chi connectivity index (χ1v) is 10.0. The van der Waals surface area contributed by atoms with E-state index in [-0.39, 0.29) is 29.7 Å². The molecule has 0 aromatic carbocycles. The fraction of sp³-hybridized carbons (Fsp3) is 0.857. The molecule has 0 spiro atoms. The lowest BCUT2D eigenvalue weighted by atomic mass is 9.94. The Morgan fingerprint density at radius 1 is 1.35 bits per heavy atom. The molecule has 2 saturated carbocycles. The molecule has 2 bridgehead atoms. The molecule has 0 unspecified atom stereocenters. The van der Waals surface area contributed by atoms with E-state index in [0.29, 0.717) is 11.6 Å². The number of fused-ring (bicyclic) bond motifs is 2. The van der Waals surface area contributed by atoms with Gasteiger partial charge < -0.3 is 5.32 Å². The van der Waals surface area contributed by atoms with Crippen molar-refractivity contribution in [3.8, 4) is 0 Å². The lowest BCUT2D eigenvalue weighted by Crippen LogP contribution is -2.38. The van der Waals surface area contributed by atoms with Crippen molar-refractivity contribution in [2.24, 2.45) is 22.7 Å². The Hall–Kier alpha value is -0.640. The highest BCUT2D eigenvalue weighted by atomic mass is 32.3. The zero-order valence-corrected chi connectivity index (χ0v) is 15.0. The maximum atomic E-state index is 12.2. The molecule has 3 aliphatic rings. The van der Waals surface area contributed by atoms with E-state index in [2.05, 4.69) is 5.32 Å². The van der Waals surface area contributed by atoms with Gasteiger partial charge in [0.15, 0.2) is 5.17 Å². The lowest BCUT2D eigenvalue weighted by Gasteiger charge is -2.25. The molecule has 3 rings (SSSR count). The Labute approximate surface area is 140 Å². The quantitative estimate of drug-likeness (QED) is 0.736. The maximum Gasteiger partial charge on any atom is 0.397 e. The van der Waals surface area contributed by atoms with Crippen molar-refractivity contribution in [1.82, 2.24) is 5.32 Å². The van der Waals surface area contributed by atoms with Crippen LogP contribution in [-0.2, 0) is 19.4 Å². The van der Waals surface area contributed by atoms with Crippen LogP contribution in [0.5, 0.6) is 0 Å². The first kappa shape index (κ1) is 17.2. The first-order chi connectivity index (χ1) is 10.6. The van der Waals surface area contributed by atoms with E-state index < -0.39 is 21.2 Å². The van der Waals surface area contributed by atoms with Gasteiger partial charge in [-0.15, -0.1) is 0 Å². The molecule has 3 fully saturated rings. The molecule has 0 aromatic heterocycles. The Morgan fingerprint density at radius 2 is 2.04 bits per heavy atom. The molecule has 1 heterocycles. The molecule has 130 valence electrons. The Kier molecular flexibility index (Phi) is 4.27. The Bertz CT molecular complexity index is 648. The second-order valence-electron chi connectivity index (χ2n) is 7.11. The summed E-state index contributed by atoms with van der Waals surface area (Å²) in [5.41, 5.74) is 0. The van der Waals surface area contributed by atoms with Crippen LogP contribution < -0.4 is 5.32 Å². The van der Waals surface area contributed by atoms with Crippen molar-refractivity contribution >= 4 is 33.2 Å². The van der Waals surface area contributed by atoms with Crippen LogP contribution in [-0.4, -0.2) is 40.9 Å². The highest BCUT2D eigenvalue weighted by molar-refractivity contribution is 8.16. The fourth-order valence-corrected chi connectivity index (χ4v) is 5.37. The van der Waals surface area contributed by atoms with E-state index >= 15 is 0 Å². The fourth-order valence-electron chi connectivity index (χ4n) is 3.71. The minimum absolute atomic E-state index is 0.00742. The molecule has 2 N–H and O–H groups in total. The summed E-state index contributed by atoms with van der Waals surface area (Å²) in [6, 6.07) is 0.0820. The highest BCUT2D eigenvalue weighted by Crippen LogP contribution is 2.48. The summed E-state index contributed by atoms with van der Waals surface area (Å²) in [5.74, 6) is 0.525. The van der Waals surface area contributed by atoms with Gasteiger partial charge in [-0.1, -0.05) is 25.6 Å². The van der Waals surface area contributed by atoms with Gasteiger partial charge in [0.2, 0.25) is 5.91 Å². The van der Waals surface area contributed by atoms with Crippen molar-refractivity contribution in [1.29, 1.82) is 0 Å². The molecule has 1 saturated heterocycles. The van der Waals surface area contributed by atoms with Crippen molar-refractivity contribution in [2.75, 3.05) is 0 Å². The first-order valence-electron chi connectivity index (χ1n) is 7.82. The third kappa shape index (κ3) is 3.29. The van der Waals surface area contributed by atoms with Gasteiger partial charge in [0, 0.05) is 0 Å². The summed E-state index contributed by atoms with van der Waals surface area (Å²) < 4.78 is 34.8. The zero-order valence-electron chi connectivity index (χ0n) is 13.4. The minimum Gasteiger partial charge on any atom is -0.304 e. The van der Waals surface area contributed by atoms with E-state index in [4.69, 9.17) is 13.7 Å². The number of amidine groups is 1. The van der Waals surface area contributed by atoms with E-state index in [0.717, 1.165) is 12.8 Å². The third-order valence-electron chi connectivity index (χ3n) is 5.36. The standard InChI is InChI=1S/C14H22N2O5S2/c1-7(2)14(3)12(17)16-13(22-14)15-10-5-9-4-8(10)6-11(9)21-23(18,19)20/h7-11H,4-6H2,1-3H3,(H,15,16,17)(H,18,19,20)/t8-,9-,10+,11+,14+/m1/s1. The van der Waals surface area contributed by atoms with E-state index in [9.17, 15) is 13.2 Å². The monoisotopic (exact) mass is 362 g/mol. The number of nitrogens with one attached hydrogen (secondary N) is 1. The number of carbonyl (C=O) groups is 1. The van der Waals surface area contributed by atoms with Crippen LogP contribution in [0.4, 0.5) is 0 Å². The number of aliphatic imine (C=N–C) groups is 1. The Morgan fingerprint density at radius 3 is 2.52 bits per heavy atom. The smallest absolute Gasteiger partial charge is 0.304 e. The van der Waals surface area contributed by atoms with Crippen LogP contribution in [0.2, 0.25) is 0 Å². The average Bonchev–Trinajstić information content (AvgIpc) is 3.02. The van der Waals surface area contributed by atoms with Crippen LogP contribution in [0, 0.1) is 17.8 Å². The predicted octanol–water partition coefficient (Wildman–Crippen LogP) is 1.61. The molecule has 1 aliphatic heterocycles. The molecule has 2 aliphatic carbocycles. The summed E-state index contributed by atoms with van der Waals surface area (Å²) in [7, 11) is -4.40. The molecule has 7 nitrogen and oxygen atoms in total. The van der Waals surface area contributed by atoms with Gasteiger partial charge in [0.1, 0.15) is 4.75 Å². The summed E-state index contributed by atoms with van der Waals surface area (Å²) >= 11 is 1.48. The zero-order chi connectivity index (χ0) is 17.0. The molecule has 0 aromatic rings. The summed E-state index contributed by atoms with van der Waals surface area (Å²) in [4.78, 5) is 16.9. The number of hydrogen-bond acceptors (Lipinski definition) is 6. The maximum absolute atomic E-state index is 12.2. The van der Waals surface area contributed by atoms with Crippen molar-refractivity contribution in [3.05, 3.63) is 0 Å². The number of thioether (sulfide) groups is 1. The second-order valence-corrected chi connectivity index (χ2v) is 9.60. The predicted molar refractivity (Wildman–Crippen MR) is 87.5 cm³/mol. The van der Waals surface area contributed by atoms with Gasteiger partial charge in [0.05, 0.1) is 12.1 Å². The van der Waals surface area contributed by atoms with Crippen LogP contribution in [0.25, 0.3) is 0 Å². The van der Waals surface area contributed by atoms with Crippen molar-refractivity contribution in [3.63, 3.8) is 0 Å². The molecular formula is C14H22N2O5S2. The minimum atomic E-state index is -4.40. The lowest BCUT2D eigenvalue weighted by molar-refractivity contribution is -0.122. The highest BCUT2D eigenvalue weighted by Gasteiger charge is 2.50. The molecule has 0 radical (unpaired) electrons. The number of rotatable bonds is 4. The normalized spacial score (nSPS) is 42.0. The topological polar surface area (TPSA) is 105 Å². The summed E-state index contributed by atoms with van der Waals surface area (Å²) in [6.07, 6.45) is 1.70. The van der Waals surface area contributed by atoms with Gasteiger partial charge in [0.25, 0.3) is 0 Å². The van der Waals surface area contributed by atoms with E-state index in [1.807, 2.05) is 20.8 Å². The number of hydrogen-bond donors (Lipinski definition) is 2. The van der Waals surface area contributed by atoms with Crippen LogP contribution in [0.15, 0.2) is 4.99 Å². The van der Waals surface area contributed by atoms with E-state index in [1.165, 1.54) is 11.8 Å². The Balaban J connectivity index is 1.65. The third-order valence-corrected chi connectivity index (χ3v) is 7.34. The molecular weight excluding hydrogens is 340 g/mol. The van der Waals surface area contributed by atoms with Crippen LogP contribution in [0.1, 0.15) is 40.0 Å². The van der Waals surface area contributed by atoms with Crippen LogP contribution >= 0.6 is 11.8 Å². The summed E-state index contributed by atoms with van der Waals surface area (Å²) in [5, 5.41) is 3.53. The van der Waals surface area contributed by atoms with Gasteiger partial charge >= 0.3 is 10.4 Å². The van der Waals surface area contributed by atoms with Gasteiger partial charge in [-0.05, 0) is 43.9 Å². The number of carbonyl (C=O) groups excluding carboxylic acids is 1. The van der Waals surface area contributed by atoms with Crippen molar-refractivity contribution in [2.45, 2.75) is 56.9 Å².